The van der Waals surface area contributed by atoms with E-state index in [-0.39, 0.29) is 0 Å². The normalized spacial score (nSPS) is 38.2. The molecule has 1 nitrogen and oxygen atoms in total. The second-order valence-corrected chi connectivity index (χ2v) is 6.29. The van der Waals surface area contributed by atoms with E-state index in [1.807, 2.05) is 0 Å². The highest BCUT2D eigenvalue weighted by Crippen LogP contribution is 2.40. The van der Waals surface area contributed by atoms with Crippen molar-refractivity contribution >= 4 is 0 Å². The number of hydrogen-bond acceptors (Lipinski definition) is 1. The minimum atomic E-state index is 0.356. The predicted molar refractivity (Wildman–Crippen MR) is 75.9 cm³/mol. The van der Waals surface area contributed by atoms with E-state index in [1.54, 1.807) is 0 Å². The number of nitrogens with zero attached hydrogens (tertiary/aromatic N) is 1. The molecule has 0 heterocycles. The Morgan fingerprint density at radius 1 is 0.889 bits per heavy atom. The Balaban J connectivity index is 1.81. The summed E-state index contributed by atoms with van der Waals surface area (Å²) in [6, 6.07) is 2.48. The first-order valence-electron chi connectivity index (χ1n) is 7.86. The van der Waals surface area contributed by atoms with Gasteiger partial charge in [-0.05, 0) is 69.6 Å². The van der Waals surface area contributed by atoms with Crippen LogP contribution in [0.1, 0.15) is 64.7 Å². The van der Waals surface area contributed by atoms with Gasteiger partial charge < -0.3 is 0 Å². The van der Waals surface area contributed by atoms with E-state index >= 15 is 0 Å². The lowest BCUT2D eigenvalue weighted by Crippen LogP contribution is -2.21. The van der Waals surface area contributed by atoms with Gasteiger partial charge in [-0.2, -0.15) is 5.26 Å². The van der Waals surface area contributed by atoms with Crippen LogP contribution in [0.5, 0.6) is 0 Å². The standard InChI is InChI=1S/C17H27N/c1-2-4-14-7-10-17(11-8-14)16-6-3-5-15(13-18)9-12-16/h2,4,14-17H,3,5-12H2,1H3/b4-2+. The van der Waals surface area contributed by atoms with Crippen molar-refractivity contribution in [2.75, 3.05) is 0 Å². The monoisotopic (exact) mass is 245 g/mol. The van der Waals surface area contributed by atoms with Crippen molar-refractivity contribution < 1.29 is 0 Å². The molecule has 2 aliphatic carbocycles. The zero-order valence-corrected chi connectivity index (χ0v) is 11.8. The smallest absolute Gasteiger partial charge is 0.0655 e. The second kappa shape index (κ2) is 6.98. The van der Waals surface area contributed by atoms with E-state index in [9.17, 15) is 0 Å². The average Bonchev–Trinajstić information content (AvgIpc) is 2.65. The average molecular weight is 245 g/mol. The summed E-state index contributed by atoms with van der Waals surface area (Å²) in [5.41, 5.74) is 0. The van der Waals surface area contributed by atoms with Gasteiger partial charge in [0.1, 0.15) is 0 Å². The zero-order chi connectivity index (χ0) is 12.8. The first-order chi connectivity index (χ1) is 8.83. The van der Waals surface area contributed by atoms with Crippen molar-refractivity contribution in [3.05, 3.63) is 12.2 Å². The maximum atomic E-state index is 9.05. The molecule has 0 aromatic heterocycles. The Kier molecular flexibility index (Phi) is 5.29. The van der Waals surface area contributed by atoms with Crippen molar-refractivity contribution in [3.63, 3.8) is 0 Å². The van der Waals surface area contributed by atoms with Gasteiger partial charge in [-0.1, -0.05) is 25.0 Å². The van der Waals surface area contributed by atoms with Gasteiger partial charge in [-0.15, -0.1) is 0 Å². The van der Waals surface area contributed by atoms with Crippen LogP contribution in [0.2, 0.25) is 0 Å². The molecule has 2 fully saturated rings. The lowest BCUT2D eigenvalue weighted by molar-refractivity contribution is 0.205. The van der Waals surface area contributed by atoms with E-state index in [2.05, 4.69) is 25.1 Å². The van der Waals surface area contributed by atoms with E-state index < -0.39 is 0 Å². The van der Waals surface area contributed by atoms with Crippen LogP contribution in [0.15, 0.2) is 12.2 Å². The molecule has 2 unspecified atom stereocenters. The summed E-state index contributed by atoms with van der Waals surface area (Å²) in [5, 5.41) is 9.05. The topological polar surface area (TPSA) is 23.8 Å². The molecule has 18 heavy (non-hydrogen) atoms. The minimum absolute atomic E-state index is 0.356. The molecule has 0 aliphatic heterocycles. The van der Waals surface area contributed by atoms with Gasteiger partial charge in [-0.3, -0.25) is 0 Å². The number of nitriles is 1. The molecule has 2 atom stereocenters. The van der Waals surface area contributed by atoms with Gasteiger partial charge in [0, 0.05) is 5.92 Å². The highest BCUT2D eigenvalue weighted by molar-refractivity contribution is 4.91. The van der Waals surface area contributed by atoms with Gasteiger partial charge in [0.2, 0.25) is 0 Å². The molecule has 0 aromatic rings. The number of allylic oxidation sites excluding steroid dienone is 2. The first-order valence-corrected chi connectivity index (χ1v) is 7.86. The molecule has 2 saturated carbocycles. The highest BCUT2D eigenvalue weighted by Gasteiger charge is 2.28. The van der Waals surface area contributed by atoms with Crippen LogP contribution in [-0.4, -0.2) is 0 Å². The number of rotatable bonds is 2. The molecule has 100 valence electrons. The fraction of sp³-hybridized carbons (Fsp3) is 0.824. The minimum Gasteiger partial charge on any atom is -0.198 e. The van der Waals surface area contributed by atoms with Crippen LogP contribution in [0.3, 0.4) is 0 Å². The molecule has 0 saturated heterocycles. The van der Waals surface area contributed by atoms with Gasteiger partial charge >= 0.3 is 0 Å². The molecule has 0 spiro atoms. The quantitative estimate of drug-likeness (QED) is 0.491. The number of hydrogen-bond donors (Lipinski definition) is 0. The van der Waals surface area contributed by atoms with Crippen LogP contribution in [0, 0.1) is 35.0 Å². The fourth-order valence-corrected chi connectivity index (χ4v) is 4.01. The van der Waals surface area contributed by atoms with Crippen molar-refractivity contribution in [1.82, 2.24) is 0 Å². The molecular formula is C17H27N. The van der Waals surface area contributed by atoms with Crippen LogP contribution >= 0.6 is 0 Å². The zero-order valence-electron chi connectivity index (χ0n) is 11.8. The first kappa shape index (κ1) is 13.7. The Hall–Kier alpha value is -0.770. The van der Waals surface area contributed by atoms with Crippen molar-refractivity contribution in [3.8, 4) is 6.07 Å². The molecule has 0 bridgehead atoms. The van der Waals surface area contributed by atoms with Crippen LogP contribution in [0.4, 0.5) is 0 Å². The SMILES string of the molecule is C/C=C/C1CCC(C2CCCC(C#N)CC2)CC1. The van der Waals surface area contributed by atoms with E-state index in [4.69, 9.17) is 5.26 Å². The van der Waals surface area contributed by atoms with Gasteiger partial charge in [0.05, 0.1) is 6.07 Å². The molecule has 2 aliphatic rings. The molecule has 1 heteroatoms. The Bertz CT molecular complexity index is 304. The van der Waals surface area contributed by atoms with Gasteiger partial charge in [0.25, 0.3) is 0 Å². The Morgan fingerprint density at radius 3 is 2.22 bits per heavy atom. The largest absolute Gasteiger partial charge is 0.198 e. The van der Waals surface area contributed by atoms with E-state index in [0.29, 0.717) is 5.92 Å². The third kappa shape index (κ3) is 3.61. The third-order valence-electron chi connectivity index (χ3n) is 5.14. The second-order valence-electron chi connectivity index (χ2n) is 6.29. The van der Waals surface area contributed by atoms with Crippen molar-refractivity contribution in [2.45, 2.75) is 64.7 Å². The van der Waals surface area contributed by atoms with E-state index in [1.165, 1.54) is 44.9 Å². The summed E-state index contributed by atoms with van der Waals surface area (Å²) in [4.78, 5) is 0. The summed E-state index contributed by atoms with van der Waals surface area (Å²) >= 11 is 0. The molecule has 2 rings (SSSR count). The molecule has 0 amide bonds. The summed E-state index contributed by atoms with van der Waals surface area (Å²) in [7, 11) is 0. The molecule has 0 radical (unpaired) electrons. The third-order valence-corrected chi connectivity index (χ3v) is 5.14. The maximum Gasteiger partial charge on any atom is 0.0655 e. The fourth-order valence-electron chi connectivity index (χ4n) is 4.01. The maximum absolute atomic E-state index is 9.05. The van der Waals surface area contributed by atoms with Crippen LogP contribution in [-0.2, 0) is 0 Å². The van der Waals surface area contributed by atoms with Gasteiger partial charge in [0.15, 0.2) is 0 Å². The van der Waals surface area contributed by atoms with E-state index in [0.717, 1.165) is 30.6 Å². The van der Waals surface area contributed by atoms with Crippen molar-refractivity contribution in [2.24, 2.45) is 23.7 Å². The summed E-state index contributed by atoms with van der Waals surface area (Å²) in [6.45, 7) is 2.14. The Labute approximate surface area is 112 Å². The highest BCUT2D eigenvalue weighted by atomic mass is 14.3. The summed E-state index contributed by atoms with van der Waals surface area (Å²) in [6.07, 6.45) is 16.6. The van der Waals surface area contributed by atoms with Crippen molar-refractivity contribution in [1.29, 1.82) is 5.26 Å². The summed E-state index contributed by atoms with van der Waals surface area (Å²) in [5.74, 6) is 3.09. The lowest BCUT2D eigenvalue weighted by atomic mass is 9.73. The van der Waals surface area contributed by atoms with Gasteiger partial charge in [-0.25, -0.2) is 0 Å². The molecular weight excluding hydrogens is 218 g/mol. The summed E-state index contributed by atoms with van der Waals surface area (Å²) < 4.78 is 0. The predicted octanol–water partition coefficient (Wildman–Crippen LogP) is 5.09. The lowest BCUT2D eigenvalue weighted by Gasteiger charge is -2.32. The van der Waals surface area contributed by atoms with Crippen LogP contribution in [0.25, 0.3) is 0 Å². The molecule has 0 N–H and O–H groups in total. The Morgan fingerprint density at radius 2 is 1.56 bits per heavy atom. The van der Waals surface area contributed by atoms with Crippen LogP contribution < -0.4 is 0 Å². The molecule has 0 aromatic carbocycles.